The lowest BCUT2D eigenvalue weighted by Crippen LogP contribution is -2.39. The zero-order valence-corrected chi connectivity index (χ0v) is 17.6. The standard InChI is InChI=1S/C23H24ClN3O3/c1-2-30-23(29)19-12-17(24)14-26-22(19)15-7-9-27(10-8-15)21(28)11-16-13-25-20-6-4-3-5-18(16)20/h3-6,12-15,25H,2,7-11H2,1H3. The Hall–Kier alpha value is -2.86. The Morgan fingerprint density at radius 3 is 2.80 bits per heavy atom. The van der Waals surface area contributed by atoms with Gasteiger partial charge in [0, 0.05) is 42.3 Å². The second-order valence-corrected chi connectivity index (χ2v) is 7.93. The Bertz CT molecular complexity index is 1070. The number of amides is 1. The van der Waals surface area contributed by atoms with E-state index in [0.717, 1.165) is 29.3 Å². The summed E-state index contributed by atoms with van der Waals surface area (Å²) in [4.78, 5) is 34.7. The molecule has 0 unspecified atom stereocenters. The quantitative estimate of drug-likeness (QED) is 0.617. The van der Waals surface area contributed by atoms with Crippen LogP contribution in [-0.4, -0.2) is 46.4 Å². The van der Waals surface area contributed by atoms with Crippen LogP contribution in [0.5, 0.6) is 0 Å². The number of likely N-dealkylation sites (tertiary alicyclic amines) is 1. The monoisotopic (exact) mass is 425 g/mol. The van der Waals surface area contributed by atoms with Crippen molar-refractivity contribution in [2.24, 2.45) is 0 Å². The summed E-state index contributed by atoms with van der Waals surface area (Å²) in [6.45, 7) is 3.34. The second-order valence-electron chi connectivity index (χ2n) is 7.50. The average Bonchev–Trinajstić information content (AvgIpc) is 3.17. The maximum absolute atomic E-state index is 12.9. The number of halogens is 1. The third-order valence-corrected chi connectivity index (χ3v) is 5.84. The molecule has 1 N–H and O–H groups in total. The largest absolute Gasteiger partial charge is 0.462 e. The van der Waals surface area contributed by atoms with Gasteiger partial charge in [-0.05, 0) is 37.5 Å². The van der Waals surface area contributed by atoms with Crippen LogP contribution in [-0.2, 0) is 16.0 Å². The Kier molecular flexibility index (Phi) is 6.04. The number of nitrogens with zero attached hydrogens (tertiary/aromatic N) is 2. The molecular weight excluding hydrogens is 402 g/mol. The fourth-order valence-electron chi connectivity index (χ4n) is 4.10. The third-order valence-electron chi connectivity index (χ3n) is 5.63. The molecule has 3 heterocycles. The van der Waals surface area contributed by atoms with Gasteiger partial charge in [-0.1, -0.05) is 29.8 Å². The molecule has 0 aliphatic carbocycles. The molecule has 1 aliphatic heterocycles. The zero-order valence-electron chi connectivity index (χ0n) is 16.9. The molecule has 30 heavy (non-hydrogen) atoms. The van der Waals surface area contributed by atoms with Crippen LogP contribution < -0.4 is 0 Å². The van der Waals surface area contributed by atoms with Crippen molar-refractivity contribution >= 4 is 34.4 Å². The van der Waals surface area contributed by atoms with Gasteiger partial charge < -0.3 is 14.6 Å². The molecule has 3 aromatic rings. The molecule has 156 valence electrons. The summed E-state index contributed by atoms with van der Waals surface area (Å²) in [5.41, 5.74) is 3.19. The van der Waals surface area contributed by atoms with Gasteiger partial charge in [-0.2, -0.15) is 0 Å². The number of esters is 1. The number of aromatic nitrogens is 2. The van der Waals surface area contributed by atoms with Crippen LogP contribution in [0.4, 0.5) is 0 Å². The van der Waals surface area contributed by atoms with Crippen molar-refractivity contribution in [1.82, 2.24) is 14.9 Å². The smallest absolute Gasteiger partial charge is 0.340 e. The van der Waals surface area contributed by atoms with Crippen LogP contribution in [0.25, 0.3) is 10.9 Å². The van der Waals surface area contributed by atoms with E-state index >= 15 is 0 Å². The molecule has 0 saturated carbocycles. The van der Waals surface area contributed by atoms with Gasteiger partial charge in [0.15, 0.2) is 0 Å². The number of carbonyl (C=O) groups excluding carboxylic acids is 2. The van der Waals surface area contributed by atoms with Crippen LogP contribution in [0.1, 0.15) is 47.3 Å². The predicted molar refractivity (Wildman–Crippen MR) is 116 cm³/mol. The number of rotatable bonds is 5. The van der Waals surface area contributed by atoms with Crippen molar-refractivity contribution in [3.05, 3.63) is 64.6 Å². The molecule has 1 aromatic carbocycles. The fraction of sp³-hybridized carbons (Fsp3) is 0.348. The van der Waals surface area contributed by atoms with E-state index in [2.05, 4.69) is 9.97 Å². The van der Waals surface area contributed by atoms with E-state index in [1.165, 1.54) is 0 Å². The van der Waals surface area contributed by atoms with E-state index in [0.29, 0.717) is 42.4 Å². The number of hydrogen-bond acceptors (Lipinski definition) is 4. The molecule has 7 heteroatoms. The molecule has 4 rings (SSSR count). The molecule has 0 spiro atoms. The van der Waals surface area contributed by atoms with Crippen LogP contribution in [0.2, 0.25) is 5.02 Å². The molecule has 0 atom stereocenters. The molecular formula is C23H24ClN3O3. The number of ether oxygens (including phenoxy) is 1. The number of piperidine rings is 1. The number of fused-ring (bicyclic) bond motifs is 1. The van der Waals surface area contributed by atoms with Crippen molar-refractivity contribution in [3.63, 3.8) is 0 Å². The van der Waals surface area contributed by atoms with Crippen LogP contribution in [0.15, 0.2) is 42.7 Å². The Labute approximate surface area is 180 Å². The average molecular weight is 426 g/mol. The normalized spacial score (nSPS) is 14.8. The molecule has 1 aliphatic rings. The number of nitrogens with one attached hydrogen (secondary N) is 1. The van der Waals surface area contributed by atoms with E-state index < -0.39 is 5.97 Å². The van der Waals surface area contributed by atoms with Gasteiger partial charge in [-0.25, -0.2) is 4.79 Å². The van der Waals surface area contributed by atoms with Crippen molar-refractivity contribution in [3.8, 4) is 0 Å². The number of pyridine rings is 1. The minimum atomic E-state index is -0.402. The molecule has 0 radical (unpaired) electrons. The molecule has 1 fully saturated rings. The first-order valence-electron chi connectivity index (χ1n) is 10.2. The minimum Gasteiger partial charge on any atom is -0.462 e. The lowest BCUT2D eigenvalue weighted by Gasteiger charge is -2.32. The summed E-state index contributed by atoms with van der Waals surface area (Å²) in [6.07, 6.45) is 5.36. The summed E-state index contributed by atoms with van der Waals surface area (Å²) in [5, 5.41) is 1.50. The molecule has 2 aromatic heterocycles. The van der Waals surface area contributed by atoms with Crippen molar-refractivity contribution in [1.29, 1.82) is 0 Å². The van der Waals surface area contributed by atoms with Gasteiger partial charge >= 0.3 is 5.97 Å². The van der Waals surface area contributed by atoms with E-state index in [9.17, 15) is 9.59 Å². The van der Waals surface area contributed by atoms with Crippen LogP contribution in [0.3, 0.4) is 0 Å². The number of H-pyrrole nitrogens is 1. The molecule has 1 saturated heterocycles. The lowest BCUT2D eigenvalue weighted by molar-refractivity contribution is -0.131. The first-order valence-corrected chi connectivity index (χ1v) is 10.6. The summed E-state index contributed by atoms with van der Waals surface area (Å²) in [6, 6.07) is 9.62. The second kappa shape index (κ2) is 8.88. The van der Waals surface area contributed by atoms with E-state index in [1.807, 2.05) is 35.4 Å². The van der Waals surface area contributed by atoms with Gasteiger partial charge in [0.05, 0.1) is 29.3 Å². The predicted octanol–water partition coefficient (Wildman–Crippen LogP) is 4.34. The van der Waals surface area contributed by atoms with E-state index in [4.69, 9.17) is 16.3 Å². The Balaban J connectivity index is 1.43. The Morgan fingerprint density at radius 1 is 1.27 bits per heavy atom. The summed E-state index contributed by atoms with van der Waals surface area (Å²) in [7, 11) is 0. The topological polar surface area (TPSA) is 75.3 Å². The minimum absolute atomic E-state index is 0.0961. The summed E-state index contributed by atoms with van der Waals surface area (Å²) in [5.74, 6) is -0.188. The van der Waals surface area contributed by atoms with Gasteiger partial charge in [0.1, 0.15) is 0 Å². The third kappa shape index (κ3) is 4.19. The van der Waals surface area contributed by atoms with Gasteiger partial charge in [-0.3, -0.25) is 9.78 Å². The molecule has 1 amide bonds. The van der Waals surface area contributed by atoms with Gasteiger partial charge in [0.2, 0.25) is 5.91 Å². The van der Waals surface area contributed by atoms with Crippen LogP contribution >= 0.6 is 11.6 Å². The highest BCUT2D eigenvalue weighted by atomic mass is 35.5. The summed E-state index contributed by atoms with van der Waals surface area (Å²) < 4.78 is 5.16. The molecule has 6 nitrogen and oxygen atoms in total. The van der Waals surface area contributed by atoms with E-state index in [1.54, 1.807) is 19.2 Å². The van der Waals surface area contributed by atoms with Crippen molar-refractivity contribution in [2.45, 2.75) is 32.1 Å². The number of aromatic amines is 1. The van der Waals surface area contributed by atoms with Gasteiger partial charge in [0.25, 0.3) is 0 Å². The van der Waals surface area contributed by atoms with Crippen LogP contribution in [0, 0.1) is 0 Å². The maximum atomic E-state index is 12.9. The first kappa shape index (κ1) is 20.4. The molecule has 0 bridgehead atoms. The number of para-hydroxylation sites is 1. The lowest BCUT2D eigenvalue weighted by atomic mass is 9.90. The van der Waals surface area contributed by atoms with Crippen molar-refractivity contribution < 1.29 is 14.3 Å². The number of benzene rings is 1. The fourth-order valence-corrected chi connectivity index (χ4v) is 4.26. The number of carbonyl (C=O) groups is 2. The first-order chi connectivity index (χ1) is 14.6. The highest BCUT2D eigenvalue weighted by Crippen LogP contribution is 2.31. The SMILES string of the molecule is CCOC(=O)c1cc(Cl)cnc1C1CCN(C(=O)Cc2c[nH]c3ccccc23)CC1. The zero-order chi connectivity index (χ0) is 21.1. The Morgan fingerprint density at radius 2 is 2.03 bits per heavy atom. The van der Waals surface area contributed by atoms with E-state index in [-0.39, 0.29) is 11.8 Å². The summed E-state index contributed by atoms with van der Waals surface area (Å²) >= 11 is 6.05. The van der Waals surface area contributed by atoms with Gasteiger partial charge in [-0.15, -0.1) is 0 Å². The highest BCUT2D eigenvalue weighted by Gasteiger charge is 2.28. The van der Waals surface area contributed by atoms with Crippen molar-refractivity contribution in [2.75, 3.05) is 19.7 Å². The highest BCUT2D eigenvalue weighted by molar-refractivity contribution is 6.30. The maximum Gasteiger partial charge on any atom is 0.340 e. The number of hydrogen-bond donors (Lipinski definition) is 1.